The highest BCUT2D eigenvalue weighted by Crippen LogP contribution is 2.25. The first-order valence-electron chi connectivity index (χ1n) is 9.27. The van der Waals surface area contributed by atoms with Gasteiger partial charge in [0.1, 0.15) is 0 Å². The normalized spacial score (nSPS) is 10.4. The average Bonchev–Trinajstić information content (AvgIpc) is 2.74. The van der Waals surface area contributed by atoms with E-state index in [1.54, 1.807) is 19.0 Å². The summed E-state index contributed by atoms with van der Waals surface area (Å²) in [5.41, 5.74) is 1.18. The Bertz CT molecular complexity index is 886. The van der Waals surface area contributed by atoms with Crippen molar-refractivity contribution >= 4 is 23.3 Å². The largest absolute Gasteiger partial charge is 0.452 e. The molecule has 9 heteroatoms. The van der Waals surface area contributed by atoms with Gasteiger partial charge in [-0.25, -0.2) is 4.79 Å². The first-order valence-corrected chi connectivity index (χ1v) is 9.27. The van der Waals surface area contributed by atoms with E-state index in [1.807, 2.05) is 30.3 Å². The van der Waals surface area contributed by atoms with Gasteiger partial charge in [-0.2, -0.15) is 0 Å². The second-order valence-electron chi connectivity index (χ2n) is 6.72. The summed E-state index contributed by atoms with van der Waals surface area (Å²) in [7, 11) is 4.95. The molecule has 0 heterocycles. The Kier molecular flexibility index (Phi) is 8.30. The molecule has 2 rings (SSSR count). The number of benzene rings is 2. The van der Waals surface area contributed by atoms with Gasteiger partial charge in [0.15, 0.2) is 6.61 Å². The highest BCUT2D eigenvalue weighted by atomic mass is 16.6. The lowest BCUT2D eigenvalue weighted by Gasteiger charge is -2.23. The molecule has 2 aromatic carbocycles. The molecule has 0 saturated carbocycles. The first-order chi connectivity index (χ1) is 14.3. The summed E-state index contributed by atoms with van der Waals surface area (Å²) in [6, 6.07) is 13.3. The summed E-state index contributed by atoms with van der Waals surface area (Å²) in [4.78, 5) is 38.9. The van der Waals surface area contributed by atoms with Crippen LogP contribution in [0.5, 0.6) is 0 Å². The van der Waals surface area contributed by atoms with Crippen LogP contribution in [0.2, 0.25) is 0 Å². The van der Waals surface area contributed by atoms with Crippen LogP contribution in [0.15, 0.2) is 48.5 Å². The highest BCUT2D eigenvalue weighted by molar-refractivity contribution is 5.97. The van der Waals surface area contributed by atoms with Crippen molar-refractivity contribution in [2.45, 2.75) is 6.54 Å². The molecule has 30 heavy (non-hydrogen) atoms. The van der Waals surface area contributed by atoms with Crippen LogP contribution in [0.1, 0.15) is 15.9 Å². The molecule has 0 aliphatic carbocycles. The molecule has 0 aliphatic rings. The molecular formula is C21H25N3O6. The second kappa shape index (κ2) is 10.9. The van der Waals surface area contributed by atoms with Crippen LogP contribution >= 0.6 is 0 Å². The molecular weight excluding hydrogens is 390 g/mol. The van der Waals surface area contributed by atoms with E-state index in [0.29, 0.717) is 25.4 Å². The zero-order chi connectivity index (χ0) is 22.1. The minimum atomic E-state index is -0.804. The average molecular weight is 415 g/mol. The second-order valence-corrected chi connectivity index (χ2v) is 6.72. The van der Waals surface area contributed by atoms with Gasteiger partial charge in [-0.05, 0) is 11.6 Å². The molecule has 0 spiro atoms. The monoisotopic (exact) mass is 415 g/mol. The topological polar surface area (TPSA) is 102 Å². The molecule has 0 unspecified atom stereocenters. The number of carbonyl (C=O) groups is 2. The third-order valence-corrected chi connectivity index (χ3v) is 4.35. The molecule has 1 amide bonds. The van der Waals surface area contributed by atoms with Gasteiger partial charge in [0, 0.05) is 46.4 Å². The maximum atomic E-state index is 12.7. The Morgan fingerprint density at radius 3 is 2.40 bits per heavy atom. The van der Waals surface area contributed by atoms with Crippen molar-refractivity contribution in [3.63, 3.8) is 0 Å². The summed E-state index contributed by atoms with van der Waals surface area (Å²) in [6.07, 6.45) is 0. The predicted molar refractivity (Wildman–Crippen MR) is 111 cm³/mol. The highest BCUT2D eigenvalue weighted by Gasteiger charge is 2.22. The van der Waals surface area contributed by atoms with Crippen LogP contribution < -0.4 is 4.90 Å². The number of rotatable bonds is 10. The summed E-state index contributed by atoms with van der Waals surface area (Å²) < 4.78 is 10.3. The van der Waals surface area contributed by atoms with Gasteiger partial charge >= 0.3 is 5.97 Å². The van der Waals surface area contributed by atoms with E-state index in [-0.39, 0.29) is 17.2 Å². The minimum absolute atomic E-state index is 0.0218. The predicted octanol–water partition coefficient (Wildman–Crippen LogP) is 2.49. The van der Waals surface area contributed by atoms with Gasteiger partial charge in [0.25, 0.3) is 11.6 Å². The number of esters is 1. The summed E-state index contributed by atoms with van der Waals surface area (Å²) in [5.74, 6) is -1.19. The van der Waals surface area contributed by atoms with Gasteiger partial charge in [0.2, 0.25) is 0 Å². The van der Waals surface area contributed by atoms with Crippen LogP contribution in [0, 0.1) is 10.1 Å². The van der Waals surface area contributed by atoms with Crippen molar-refractivity contribution in [3.05, 3.63) is 69.8 Å². The van der Waals surface area contributed by atoms with Gasteiger partial charge in [-0.3, -0.25) is 14.9 Å². The number of carbonyl (C=O) groups excluding carboxylic acids is 2. The van der Waals surface area contributed by atoms with E-state index >= 15 is 0 Å². The Balaban J connectivity index is 2.11. The Hall–Kier alpha value is -3.46. The van der Waals surface area contributed by atoms with Gasteiger partial charge in [-0.1, -0.05) is 30.3 Å². The van der Waals surface area contributed by atoms with E-state index in [9.17, 15) is 19.7 Å². The van der Waals surface area contributed by atoms with E-state index in [0.717, 1.165) is 11.6 Å². The number of hydrogen-bond acceptors (Lipinski definition) is 7. The van der Waals surface area contributed by atoms with E-state index in [2.05, 4.69) is 0 Å². The number of methoxy groups -OCH3 is 1. The molecule has 9 nitrogen and oxygen atoms in total. The number of anilines is 1. The third-order valence-electron chi connectivity index (χ3n) is 4.35. The number of non-ortho nitro benzene ring substituents is 1. The molecule has 0 fully saturated rings. The number of hydrogen-bond donors (Lipinski definition) is 0. The zero-order valence-electron chi connectivity index (χ0n) is 17.2. The minimum Gasteiger partial charge on any atom is -0.452 e. The number of nitro benzene ring substituents is 1. The Morgan fingerprint density at radius 2 is 1.80 bits per heavy atom. The molecule has 160 valence electrons. The zero-order valence-corrected chi connectivity index (χ0v) is 17.2. The number of amides is 1. The van der Waals surface area contributed by atoms with Crippen LogP contribution in [0.4, 0.5) is 11.4 Å². The first kappa shape index (κ1) is 22.8. The van der Waals surface area contributed by atoms with Gasteiger partial charge < -0.3 is 19.3 Å². The molecule has 2 aromatic rings. The van der Waals surface area contributed by atoms with Gasteiger partial charge in [0.05, 0.1) is 22.8 Å². The molecule has 0 radical (unpaired) electrons. The van der Waals surface area contributed by atoms with Crippen molar-refractivity contribution in [1.29, 1.82) is 0 Å². The fourth-order valence-electron chi connectivity index (χ4n) is 2.78. The van der Waals surface area contributed by atoms with Crippen LogP contribution in [0.25, 0.3) is 0 Å². The fourth-order valence-corrected chi connectivity index (χ4v) is 2.78. The van der Waals surface area contributed by atoms with Crippen LogP contribution in [-0.2, 0) is 20.8 Å². The summed E-state index contributed by atoms with van der Waals surface area (Å²) in [6.45, 7) is 0.537. The van der Waals surface area contributed by atoms with Crippen LogP contribution in [-0.4, -0.2) is 62.7 Å². The number of ether oxygens (including phenoxy) is 2. The van der Waals surface area contributed by atoms with Crippen molar-refractivity contribution in [2.75, 3.05) is 45.9 Å². The lowest BCUT2D eigenvalue weighted by Crippen LogP contribution is -2.36. The van der Waals surface area contributed by atoms with E-state index in [4.69, 9.17) is 9.47 Å². The lowest BCUT2D eigenvalue weighted by molar-refractivity contribution is -0.384. The number of nitrogens with zero attached hydrogens (tertiary/aromatic N) is 3. The van der Waals surface area contributed by atoms with Crippen LogP contribution in [0.3, 0.4) is 0 Å². The molecule has 0 aliphatic heterocycles. The summed E-state index contributed by atoms with van der Waals surface area (Å²) in [5, 5.41) is 11.1. The summed E-state index contributed by atoms with van der Waals surface area (Å²) >= 11 is 0. The SMILES string of the molecule is COCCN(Cc1ccccc1)C(=O)COC(=O)c1cc([N+](=O)[O-])ccc1N(C)C. The Labute approximate surface area is 174 Å². The smallest absolute Gasteiger partial charge is 0.341 e. The quantitative estimate of drug-likeness (QED) is 0.334. The lowest BCUT2D eigenvalue weighted by atomic mass is 10.1. The molecule has 0 saturated heterocycles. The number of nitro groups is 1. The Morgan fingerprint density at radius 1 is 1.10 bits per heavy atom. The fraction of sp³-hybridized carbons (Fsp3) is 0.333. The van der Waals surface area contributed by atoms with E-state index < -0.39 is 17.5 Å². The van der Waals surface area contributed by atoms with Crippen molar-refractivity contribution in [3.8, 4) is 0 Å². The van der Waals surface area contributed by atoms with E-state index in [1.165, 1.54) is 24.1 Å². The third kappa shape index (κ3) is 6.28. The molecule has 0 N–H and O–H groups in total. The molecule has 0 bridgehead atoms. The van der Waals surface area contributed by atoms with Crippen molar-refractivity contribution in [2.24, 2.45) is 0 Å². The van der Waals surface area contributed by atoms with Gasteiger partial charge in [-0.15, -0.1) is 0 Å². The molecule has 0 aromatic heterocycles. The van der Waals surface area contributed by atoms with Crippen molar-refractivity contribution < 1.29 is 24.0 Å². The standard InChI is InChI=1S/C21H25N3O6/c1-22(2)19-10-9-17(24(27)28)13-18(19)21(26)30-15-20(25)23(11-12-29-3)14-16-7-5-4-6-8-16/h4-10,13H,11-12,14-15H2,1-3H3. The van der Waals surface area contributed by atoms with Crippen molar-refractivity contribution in [1.82, 2.24) is 4.90 Å². The molecule has 0 atom stereocenters. The maximum Gasteiger partial charge on any atom is 0.341 e. The maximum absolute atomic E-state index is 12.7.